The molecule has 1 aromatic carbocycles. The van der Waals surface area contributed by atoms with E-state index in [0.717, 1.165) is 12.0 Å². The first-order chi connectivity index (χ1) is 8.97. The van der Waals surface area contributed by atoms with Gasteiger partial charge >= 0.3 is 0 Å². The van der Waals surface area contributed by atoms with E-state index in [2.05, 4.69) is 19.2 Å². The van der Waals surface area contributed by atoms with E-state index in [1.807, 2.05) is 31.2 Å². The maximum atomic E-state index is 12.1. The van der Waals surface area contributed by atoms with Crippen molar-refractivity contribution in [3.05, 3.63) is 34.9 Å². The first-order valence-electron chi connectivity index (χ1n) is 6.77. The Bertz CT molecular complexity index is 420. The molecule has 0 saturated carbocycles. The summed E-state index contributed by atoms with van der Waals surface area (Å²) in [6.45, 7) is 6.13. The molecular formula is C15H23ClN2O. The molecule has 106 valence electrons. The number of hydrogen-bond donors (Lipinski definition) is 2. The molecule has 2 unspecified atom stereocenters. The molecule has 0 radical (unpaired) electrons. The van der Waals surface area contributed by atoms with Crippen LogP contribution in [0.15, 0.2) is 24.3 Å². The number of carbonyl (C=O) groups excluding carboxylic acids is 1. The molecule has 0 bridgehead atoms. The van der Waals surface area contributed by atoms with E-state index in [0.29, 0.717) is 11.4 Å². The SMILES string of the molecule is CCCC(N)C(=O)NC(c1ccccc1Cl)C(C)C. The van der Waals surface area contributed by atoms with Crippen LogP contribution in [0.25, 0.3) is 0 Å². The number of hydrogen-bond acceptors (Lipinski definition) is 2. The molecule has 0 aliphatic heterocycles. The zero-order valence-electron chi connectivity index (χ0n) is 11.8. The summed E-state index contributed by atoms with van der Waals surface area (Å²) in [6, 6.07) is 7.03. The average Bonchev–Trinajstić information content (AvgIpc) is 2.36. The van der Waals surface area contributed by atoms with Gasteiger partial charge in [-0.1, -0.05) is 57.0 Å². The summed E-state index contributed by atoms with van der Waals surface area (Å²) >= 11 is 6.20. The Labute approximate surface area is 120 Å². The van der Waals surface area contributed by atoms with Crippen LogP contribution in [-0.2, 0) is 4.79 Å². The standard InChI is InChI=1S/C15H23ClN2O/c1-4-7-13(17)15(19)18-14(10(2)3)11-8-5-6-9-12(11)16/h5-6,8-10,13-14H,4,7,17H2,1-3H3,(H,18,19). The van der Waals surface area contributed by atoms with Gasteiger partial charge in [-0.2, -0.15) is 0 Å². The predicted molar refractivity (Wildman–Crippen MR) is 80.1 cm³/mol. The van der Waals surface area contributed by atoms with Crippen molar-refractivity contribution >= 4 is 17.5 Å². The van der Waals surface area contributed by atoms with Crippen molar-refractivity contribution in [2.75, 3.05) is 0 Å². The largest absolute Gasteiger partial charge is 0.348 e. The van der Waals surface area contributed by atoms with Gasteiger partial charge in [-0.3, -0.25) is 4.79 Å². The highest BCUT2D eigenvalue weighted by Crippen LogP contribution is 2.28. The quantitative estimate of drug-likeness (QED) is 0.841. The molecule has 0 saturated heterocycles. The van der Waals surface area contributed by atoms with E-state index < -0.39 is 6.04 Å². The highest BCUT2D eigenvalue weighted by atomic mass is 35.5. The minimum absolute atomic E-state index is 0.107. The van der Waals surface area contributed by atoms with Gasteiger partial charge in [0.25, 0.3) is 0 Å². The van der Waals surface area contributed by atoms with Crippen molar-refractivity contribution in [1.29, 1.82) is 0 Å². The Kier molecular flexibility index (Phi) is 6.32. The van der Waals surface area contributed by atoms with Crippen molar-refractivity contribution in [3.63, 3.8) is 0 Å². The number of benzene rings is 1. The molecule has 4 heteroatoms. The summed E-state index contributed by atoms with van der Waals surface area (Å²) in [7, 11) is 0. The van der Waals surface area contributed by atoms with E-state index in [9.17, 15) is 4.79 Å². The van der Waals surface area contributed by atoms with Gasteiger partial charge < -0.3 is 11.1 Å². The molecule has 1 aromatic rings. The van der Waals surface area contributed by atoms with Crippen LogP contribution in [0.4, 0.5) is 0 Å². The van der Waals surface area contributed by atoms with Crippen molar-refractivity contribution in [2.45, 2.75) is 45.7 Å². The minimum Gasteiger partial charge on any atom is -0.348 e. The van der Waals surface area contributed by atoms with Gasteiger partial charge in [0.1, 0.15) is 0 Å². The summed E-state index contributed by atoms with van der Waals surface area (Å²) in [6.07, 6.45) is 1.59. The third kappa shape index (κ3) is 4.51. The van der Waals surface area contributed by atoms with Crippen molar-refractivity contribution in [1.82, 2.24) is 5.32 Å². The number of carbonyl (C=O) groups is 1. The highest BCUT2D eigenvalue weighted by Gasteiger charge is 2.22. The van der Waals surface area contributed by atoms with Crippen LogP contribution in [0.5, 0.6) is 0 Å². The lowest BCUT2D eigenvalue weighted by atomic mass is 9.95. The van der Waals surface area contributed by atoms with Crippen LogP contribution in [0, 0.1) is 5.92 Å². The van der Waals surface area contributed by atoms with E-state index in [1.54, 1.807) is 0 Å². The summed E-state index contributed by atoms with van der Waals surface area (Å²) in [5, 5.41) is 3.68. The second-order valence-corrected chi connectivity index (χ2v) is 5.55. The van der Waals surface area contributed by atoms with E-state index in [1.165, 1.54) is 0 Å². The Balaban J connectivity index is 2.86. The molecule has 0 aliphatic rings. The molecule has 2 atom stereocenters. The molecule has 3 N–H and O–H groups in total. The Morgan fingerprint density at radius 3 is 2.53 bits per heavy atom. The van der Waals surface area contributed by atoms with E-state index in [-0.39, 0.29) is 17.9 Å². The summed E-state index contributed by atoms with van der Waals surface area (Å²) in [5.74, 6) is 0.137. The first kappa shape index (κ1) is 16.0. The smallest absolute Gasteiger partial charge is 0.237 e. The second kappa shape index (κ2) is 7.51. The molecule has 0 aromatic heterocycles. The highest BCUT2D eigenvalue weighted by molar-refractivity contribution is 6.31. The van der Waals surface area contributed by atoms with Gasteiger partial charge in [0.15, 0.2) is 0 Å². The molecule has 1 amide bonds. The lowest BCUT2D eigenvalue weighted by molar-refractivity contribution is -0.123. The number of halogens is 1. The Hall–Kier alpha value is -1.06. The fourth-order valence-electron chi connectivity index (χ4n) is 2.03. The van der Waals surface area contributed by atoms with Crippen LogP contribution < -0.4 is 11.1 Å². The normalized spacial score (nSPS) is 14.2. The molecule has 0 fully saturated rings. The molecular weight excluding hydrogens is 260 g/mol. The average molecular weight is 283 g/mol. The predicted octanol–water partition coefficient (Wildman–Crippen LogP) is 3.28. The lowest BCUT2D eigenvalue weighted by Gasteiger charge is -2.25. The van der Waals surface area contributed by atoms with Crippen LogP contribution in [0.3, 0.4) is 0 Å². The lowest BCUT2D eigenvalue weighted by Crippen LogP contribution is -2.43. The third-order valence-electron chi connectivity index (χ3n) is 3.14. The topological polar surface area (TPSA) is 55.1 Å². The van der Waals surface area contributed by atoms with Crippen LogP contribution >= 0.6 is 11.6 Å². The second-order valence-electron chi connectivity index (χ2n) is 5.15. The van der Waals surface area contributed by atoms with Crippen LogP contribution in [0.1, 0.15) is 45.2 Å². The Morgan fingerprint density at radius 1 is 1.37 bits per heavy atom. The zero-order valence-corrected chi connectivity index (χ0v) is 12.6. The monoisotopic (exact) mass is 282 g/mol. The number of nitrogens with two attached hydrogens (primary N) is 1. The molecule has 0 spiro atoms. The maximum Gasteiger partial charge on any atom is 0.237 e. The molecule has 0 heterocycles. The first-order valence-corrected chi connectivity index (χ1v) is 7.15. The van der Waals surface area contributed by atoms with Crippen molar-refractivity contribution < 1.29 is 4.79 Å². The molecule has 1 rings (SSSR count). The van der Waals surface area contributed by atoms with E-state index >= 15 is 0 Å². The third-order valence-corrected chi connectivity index (χ3v) is 3.49. The number of rotatable bonds is 6. The minimum atomic E-state index is -0.450. The number of nitrogens with one attached hydrogen (secondary N) is 1. The van der Waals surface area contributed by atoms with Gasteiger partial charge in [0.05, 0.1) is 12.1 Å². The van der Waals surface area contributed by atoms with Crippen LogP contribution in [0.2, 0.25) is 5.02 Å². The van der Waals surface area contributed by atoms with Crippen molar-refractivity contribution in [3.8, 4) is 0 Å². The summed E-state index contributed by atoms with van der Waals surface area (Å²) in [5.41, 5.74) is 6.79. The van der Waals surface area contributed by atoms with Crippen molar-refractivity contribution in [2.24, 2.45) is 11.7 Å². The number of amides is 1. The van der Waals surface area contributed by atoms with Gasteiger partial charge in [-0.25, -0.2) is 0 Å². The Morgan fingerprint density at radius 2 is 2.00 bits per heavy atom. The van der Waals surface area contributed by atoms with Gasteiger partial charge in [-0.05, 0) is 24.0 Å². The summed E-state index contributed by atoms with van der Waals surface area (Å²) < 4.78 is 0. The van der Waals surface area contributed by atoms with Gasteiger partial charge in [-0.15, -0.1) is 0 Å². The molecule has 3 nitrogen and oxygen atoms in total. The van der Waals surface area contributed by atoms with Gasteiger partial charge in [0, 0.05) is 5.02 Å². The summed E-state index contributed by atoms with van der Waals surface area (Å²) in [4.78, 5) is 12.1. The molecule has 0 aliphatic carbocycles. The zero-order chi connectivity index (χ0) is 14.4. The maximum absolute atomic E-state index is 12.1. The fraction of sp³-hybridized carbons (Fsp3) is 0.533. The van der Waals surface area contributed by atoms with Gasteiger partial charge in [0.2, 0.25) is 5.91 Å². The molecule has 19 heavy (non-hydrogen) atoms. The van der Waals surface area contributed by atoms with E-state index in [4.69, 9.17) is 17.3 Å². The fourth-order valence-corrected chi connectivity index (χ4v) is 2.29. The van der Waals surface area contributed by atoms with Crippen LogP contribution in [-0.4, -0.2) is 11.9 Å².